The molecule has 0 saturated carbocycles. The highest BCUT2D eigenvalue weighted by Gasteiger charge is 2.22. The lowest BCUT2D eigenvalue weighted by Crippen LogP contribution is -2.37. The first-order valence-electron chi connectivity index (χ1n) is 38.1. The zero-order valence-electron chi connectivity index (χ0n) is 61.7. The minimum atomic E-state index is -4.67. The standard InChI is InChI=1S/C86H140NO8P/c1-6-8-10-12-14-16-18-20-22-24-26-28-30-32-34-36-38-40-42-43-45-47-49-51-53-55-57-59-61-63-65-67-69-71-73-75-77-79-86(89)95-84(83-94-96(90,91)93-81-80-87(3,4)5)82-92-85(88)78-76-74-72-70-68-66-64-62-60-58-56-54-52-50-48-46-44-41-39-37-35-33-31-29-27-25-23-21-19-17-15-13-11-9-7-2/h8-11,14-17,20-23,26-29,32-35,38,40,43,45,49,51,55,57,61,63,67,69,84H,6-7,12-13,18-19,24-25,30-31,36-37,39,41-42,44,46-48,50,52-54,56,58-60,62,64-66,68,70-83H2,1-5H3/b10-8-,11-9-,16-14-,17-15-,22-20-,23-21-,28-26-,29-27-,34-32-,35-33-,40-38-,45-43-,51-49-,57-55-,63-61-,69-67-. The Morgan fingerprint density at radius 2 is 0.562 bits per heavy atom. The highest BCUT2D eigenvalue weighted by atomic mass is 31.2. The van der Waals surface area contributed by atoms with Gasteiger partial charge in [0.1, 0.15) is 19.8 Å². The van der Waals surface area contributed by atoms with Crippen LogP contribution in [-0.4, -0.2) is 70.0 Å². The fraction of sp³-hybridized carbons (Fsp3) is 0.605. The van der Waals surface area contributed by atoms with E-state index in [-0.39, 0.29) is 26.1 Å². The van der Waals surface area contributed by atoms with Crippen molar-refractivity contribution in [3.8, 4) is 0 Å². The number of carbonyl (C=O) groups is 2. The summed E-state index contributed by atoms with van der Waals surface area (Å²) < 4.78 is 34.3. The first-order chi connectivity index (χ1) is 47.0. The summed E-state index contributed by atoms with van der Waals surface area (Å²) in [6.45, 7) is 3.97. The third-order valence-electron chi connectivity index (χ3n) is 15.6. The number of hydrogen-bond donors (Lipinski definition) is 0. The zero-order valence-corrected chi connectivity index (χ0v) is 62.6. The topological polar surface area (TPSA) is 111 Å². The van der Waals surface area contributed by atoms with E-state index in [4.69, 9.17) is 18.5 Å². The minimum absolute atomic E-state index is 0.0466. The number of ether oxygens (including phenoxy) is 2. The van der Waals surface area contributed by atoms with Crippen molar-refractivity contribution >= 4 is 19.8 Å². The number of allylic oxidation sites excluding steroid dienone is 32. The smallest absolute Gasteiger partial charge is 0.306 e. The van der Waals surface area contributed by atoms with Gasteiger partial charge in [-0.2, -0.15) is 0 Å². The Hall–Kier alpha value is -5.15. The molecule has 0 heterocycles. The average Bonchev–Trinajstić information content (AvgIpc) is 2.72. The van der Waals surface area contributed by atoms with E-state index < -0.39 is 32.5 Å². The fourth-order valence-corrected chi connectivity index (χ4v) is 10.6. The molecule has 0 amide bonds. The third kappa shape index (κ3) is 77.9. The van der Waals surface area contributed by atoms with Gasteiger partial charge in [-0.05, 0) is 141 Å². The predicted octanol–water partition coefficient (Wildman–Crippen LogP) is 25.0. The van der Waals surface area contributed by atoms with Gasteiger partial charge in [0.05, 0.1) is 27.7 Å². The number of phosphoric ester groups is 1. The summed E-state index contributed by atoms with van der Waals surface area (Å²) >= 11 is 0. The first kappa shape index (κ1) is 90.8. The Kier molecular flexibility index (Phi) is 70.1. The summed E-state index contributed by atoms with van der Waals surface area (Å²) in [6.07, 6.45) is 115. The molecule has 0 aliphatic rings. The molecule has 0 aliphatic carbocycles. The van der Waals surface area contributed by atoms with Crippen molar-refractivity contribution < 1.29 is 42.1 Å². The molecule has 96 heavy (non-hydrogen) atoms. The third-order valence-corrected chi connectivity index (χ3v) is 16.6. The summed E-state index contributed by atoms with van der Waals surface area (Å²) in [5, 5.41) is 0. The Balaban J connectivity index is 4.13. The lowest BCUT2D eigenvalue weighted by atomic mass is 10.0. The summed E-state index contributed by atoms with van der Waals surface area (Å²) in [5.74, 6) is -0.878. The van der Waals surface area contributed by atoms with Crippen LogP contribution in [0.15, 0.2) is 194 Å². The second-order valence-corrected chi connectivity index (χ2v) is 27.3. The van der Waals surface area contributed by atoms with Gasteiger partial charge in [0.2, 0.25) is 0 Å². The van der Waals surface area contributed by atoms with Gasteiger partial charge in [0.15, 0.2) is 6.10 Å². The molecular formula is C86H140NO8P. The molecule has 0 radical (unpaired) electrons. The monoisotopic (exact) mass is 1350 g/mol. The van der Waals surface area contributed by atoms with Crippen LogP contribution in [0.5, 0.6) is 0 Å². The second-order valence-electron chi connectivity index (χ2n) is 25.9. The van der Waals surface area contributed by atoms with Crippen LogP contribution in [0.1, 0.15) is 284 Å². The van der Waals surface area contributed by atoms with Crippen molar-refractivity contribution in [3.05, 3.63) is 194 Å². The SMILES string of the molecule is CC/C=C\C/C=C\C/C=C\C/C=C\C/C=C\C/C=C\C/C=C\C/C=C\C/C=C\C/C=C\C/C=C\CCCCCC(=O)OC(COC(=O)CCCCCCCCCCCCCCCCCCCCC/C=C\C/C=C\C/C=C\C/C=C\C/C=C\CC)COP(=O)([O-])OCC[N+](C)(C)C. The number of esters is 2. The van der Waals surface area contributed by atoms with Gasteiger partial charge in [-0.25, -0.2) is 0 Å². The molecule has 542 valence electrons. The number of quaternary nitrogens is 1. The summed E-state index contributed by atoms with van der Waals surface area (Å²) in [6, 6.07) is 0. The fourth-order valence-electron chi connectivity index (χ4n) is 9.87. The van der Waals surface area contributed by atoms with E-state index >= 15 is 0 Å². The summed E-state index contributed by atoms with van der Waals surface area (Å²) in [5.41, 5.74) is 0. The largest absolute Gasteiger partial charge is 0.756 e. The first-order valence-corrected chi connectivity index (χ1v) is 39.6. The van der Waals surface area contributed by atoms with E-state index in [9.17, 15) is 19.0 Å². The molecule has 0 bridgehead atoms. The van der Waals surface area contributed by atoms with E-state index in [1.165, 1.54) is 109 Å². The quantitative estimate of drug-likeness (QED) is 0.0195. The number of carbonyl (C=O) groups excluding carboxylic acids is 2. The highest BCUT2D eigenvalue weighted by molar-refractivity contribution is 7.45. The van der Waals surface area contributed by atoms with Gasteiger partial charge < -0.3 is 27.9 Å². The molecule has 9 nitrogen and oxygen atoms in total. The zero-order chi connectivity index (χ0) is 69.7. The van der Waals surface area contributed by atoms with E-state index in [2.05, 4.69) is 208 Å². The van der Waals surface area contributed by atoms with Gasteiger partial charge in [-0.15, -0.1) is 0 Å². The van der Waals surface area contributed by atoms with Crippen molar-refractivity contribution in [1.29, 1.82) is 0 Å². The molecule has 0 fully saturated rings. The Morgan fingerprint density at radius 1 is 0.323 bits per heavy atom. The molecule has 0 N–H and O–H groups in total. The van der Waals surface area contributed by atoms with E-state index in [1.807, 2.05) is 21.1 Å². The van der Waals surface area contributed by atoms with Gasteiger partial charge in [-0.1, -0.05) is 324 Å². The maximum absolute atomic E-state index is 12.9. The molecule has 0 aromatic heterocycles. The number of likely N-dealkylation sites (N-methyl/N-ethyl adjacent to an activating group) is 1. The molecular weight excluding hydrogens is 1210 g/mol. The lowest BCUT2D eigenvalue weighted by Gasteiger charge is -2.28. The minimum Gasteiger partial charge on any atom is -0.756 e. The van der Waals surface area contributed by atoms with Crippen molar-refractivity contribution in [1.82, 2.24) is 0 Å². The summed E-state index contributed by atoms with van der Waals surface area (Å²) in [7, 11) is 1.12. The van der Waals surface area contributed by atoms with Crippen molar-refractivity contribution in [3.63, 3.8) is 0 Å². The van der Waals surface area contributed by atoms with Crippen LogP contribution in [0.3, 0.4) is 0 Å². The van der Waals surface area contributed by atoms with Crippen LogP contribution < -0.4 is 4.89 Å². The molecule has 0 saturated heterocycles. The second kappa shape index (κ2) is 74.1. The lowest BCUT2D eigenvalue weighted by molar-refractivity contribution is -0.870. The van der Waals surface area contributed by atoms with E-state index in [1.54, 1.807) is 0 Å². The average molecular weight is 1350 g/mol. The van der Waals surface area contributed by atoms with Crippen LogP contribution in [-0.2, 0) is 32.7 Å². The van der Waals surface area contributed by atoms with Crippen molar-refractivity contribution in [2.45, 2.75) is 290 Å². The number of unbranched alkanes of at least 4 members (excludes halogenated alkanes) is 22. The Morgan fingerprint density at radius 3 is 0.844 bits per heavy atom. The highest BCUT2D eigenvalue weighted by Crippen LogP contribution is 2.38. The molecule has 2 atom stereocenters. The Labute approximate surface area is 590 Å². The maximum atomic E-state index is 12.9. The van der Waals surface area contributed by atoms with Crippen LogP contribution in [0.4, 0.5) is 0 Å². The van der Waals surface area contributed by atoms with E-state index in [0.717, 1.165) is 141 Å². The molecule has 0 rings (SSSR count). The number of phosphoric acid groups is 1. The normalized spacial score (nSPS) is 14.2. The molecule has 10 heteroatoms. The van der Waals surface area contributed by atoms with Crippen LogP contribution in [0.25, 0.3) is 0 Å². The van der Waals surface area contributed by atoms with Crippen LogP contribution in [0, 0.1) is 0 Å². The van der Waals surface area contributed by atoms with Gasteiger partial charge in [0, 0.05) is 12.8 Å². The molecule has 0 aromatic carbocycles. The predicted molar refractivity (Wildman–Crippen MR) is 415 cm³/mol. The van der Waals surface area contributed by atoms with Crippen LogP contribution >= 0.6 is 7.82 Å². The molecule has 2 unspecified atom stereocenters. The van der Waals surface area contributed by atoms with Crippen molar-refractivity contribution in [2.24, 2.45) is 0 Å². The number of hydrogen-bond acceptors (Lipinski definition) is 8. The van der Waals surface area contributed by atoms with Gasteiger partial charge >= 0.3 is 11.9 Å². The van der Waals surface area contributed by atoms with Crippen LogP contribution in [0.2, 0.25) is 0 Å². The Bertz CT molecular complexity index is 2330. The number of rotatable bonds is 68. The summed E-state index contributed by atoms with van der Waals surface area (Å²) in [4.78, 5) is 38.1. The number of nitrogens with zero attached hydrogens (tertiary/aromatic N) is 1. The molecule has 0 aliphatic heterocycles. The maximum Gasteiger partial charge on any atom is 0.306 e. The molecule has 0 aromatic rings. The molecule has 0 spiro atoms. The van der Waals surface area contributed by atoms with E-state index in [0.29, 0.717) is 17.4 Å². The van der Waals surface area contributed by atoms with Gasteiger partial charge in [-0.3, -0.25) is 14.2 Å². The van der Waals surface area contributed by atoms with Gasteiger partial charge in [0.25, 0.3) is 7.82 Å². The van der Waals surface area contributed by atoms with Crippen molar-refractivity contribution in [2.75, 3.05) is 47.5 Å².